The molecule has 1 heterocycles. The number of nitrogens with one attached hydrogen (secondary N) is 1. The molecule has 1 aromatic carbocycles. The van der Waals surface area contributed by atoms with Gasteiger partial charge in [-0.05, 0) is 43.5 Å². The van der Waals surface area contributed by atoms with Crippen molar-refractivity contribution in [3.05, 3.63) is 47.5 Å². The molecule has 0 radical (unpaired) electrons. The Morgan fingerprint density at radius 2 is 2.33 bits per heavy atom. The molecule has 1 aliphatic rings. The van der Waals surface area contributed by atoms with Gasteiger partial charge >= 0.3 is 0 Å². The van der Waals surface area contributed by atoms with Crippen LogP contribution in [0.1, 0.15) is 24.8 Å². The molecule has 0 aliphatic carbocycles. The first-order chi connectivity index (χ1) is 10.2. The Morgan fingerprint density at radius 1 is 1.48 bits per heavy atom. The molecule has 3 nitrogen and oxygen atoms in total. The van der Waals surface area contributed by atoms with E-state index in [0.717, 1.165) is 43.9 Å². The van der Waals surface area contributed by atoms with Gasteiger partial charge in [0.15, 0.2) is 0 Å². The fraction of sp³-hybridized carbons (Fsp3) is 0.471. The average Bonchev–Trinajstić information content (AvgIpc) is 2.82. The number of rotatable bonds is 8. The van der Waals surface area contributed by atoms with Crippen molar-refractivity contribution < 1.29 is 4.79 Å². The van der Waals surface area contributed by atoms with E-state index < -0.39 is 0 Å². The number of benzene rings is 1. The minimum atomic E-state index is 0.283. The van der Waals surface area contributed by atoms with Gasteiger partial charge in [-0.3, -0.25) is 4.79 Å². The highest BCUT2D eigenvalue weighted by Crippen LogP contribution is 2.22. The second-order valence-electron chi connectivity index (χ2n) is 5.44. The van der Waals surface area contributed by atoms with Gasteiger partial charge in [0.1, 0.15) is 0 Å². The summed E-state index contributed by atoms with van der Waals surface area (Å²) in [5.41, 5.74) is 1.19. The van der Waals surface area contributed by atoms with Crippen LogP contribution in [-0.2, 0) is 11.2 Å². The van der Waals surface area contributed by atoms with Gasteiger partial charge < -0.3 is 10.2 Å². The highest BCUT2D eigenvalue weighted by Gasteiger charge is 2.29. The summed E-state index contributed by atoms with van der Waals surface area (Å²) in [5, 5.41) is 4.06. The van der Waals surface area contributed by atoms with E-state index in [1.165, 1.54) is 5.56 Å². The normalized spacial score (nSPS) is 18.2. The highest BCUT2D eigenvalue weighted by atomic mass is 35.5. The van der Waals surface area contributed by atoms with Gasteiger partial charge in [0.2, 0.25) is 5.91 Å². The quantitative estimate of drug-likeness (QED) is 0.591. The Bertz CT molecular complexity index is 489. The van der Waals surface area contributed by atoms with Gasteiger partial charge in [0.05, 0.1) is 0 Å². The first-order valence-corrected chi connectivity index (χ1v) is 7.94. The molecular weight excluding hydrogens is 284 g/mol. The molecule has 0 aromatic heterocycles. The van der Waals surface area contributed by atoms with Crippen molar-refractivity contribution in [1.29, 1.82) is 0 Å². The zero-order chi connectivity index (χ0) is 15.1. The largest absolute Gasteiger partial charge is 0.339 e. The minimum absolute atomic E-state index is 0.283. The Morgan fingerprint density at radius 3 is 3.10 bits per heavy atom. The van der Waals surface area contributed by atoms with Crippen molar-refractivity contribution >= 4 is 17.5 Å². The molecule has 114 valence electrons. The number of carbonyl (C=O) groups excluding carboxylic acids is 1. The summed E-state index contributed by atoms with van der Waals surface area (Å²) in [4.78, 5) is 14.1. The Balaban J connectivity index is 1.83. The summed E-state index contributed by atoms with van der Waals surface area (Å²) in [5.74, 6) is 0.283. The Labute approximate surface area is 132 Å². The van der Waals surface area contributed by atoms with Crippen LogP contribution in [-0.4, -0.2) is 36.5 Å². The molecule has 0 bridgehead atoms. The van der Waals surface area contributed by atoms with Crippen LogP contribution in [0.5, 0.6) is 0 Å². The fourth-order valence-corrected chi connectivity index (χ4v) is 3.03. The number of halogens is 1. The standard InChI is InChI=1S/C17H23ClN2O/c1-2-10-19-11-8-16-6-7-17(21)20(16)12-9-14-4-3-5-15(18)13-14/h2-5,13,16,19H,1,6-12H2/t16-/m0/s1. The van der Waals surface area contributed by atoms with Gasteiger partial charge in [-0.25, -0.2) is 0 Å². The van der Waals surface area contributed by atoms with Crippen molar-refractivity contribution in [3.63, 3.8) is 0 Å². The Kier molecular flexibility index (Phi) is 6.27. The smallest absolute Gasteiger partial charge is 0.222 e. The molecule has 0 unspecified atom stereocenters. The number of likely N-dealkylation sites (tertiary alicyclic amines) is 1. The topological polar surface area (TPSA) is 32.3 Å². The third kappa shape index (κ3) is 4.87. The van der Waals surface area contributed by atoms with E-state index in [1.54, 1.807) is 0 Å². The van der Waals surface area contributed by atoms with Gasteiger partial charge in [-0.15, -0.1) is 6.58 Å². The molecule has 1 amide bonds. The summed E-state index contributed by atoms with van der Waals surface area (Å²) in [7, 11) is 0. The first kappa shape index (κ1) is 16.1. The van der Waals surface area contributed by atoms with Gasteiger partial charge in [0, 0.05) is 30.6 Å². The number of amides is 1. The number of carbonyl (C=O) groups is 1. The van der Waals surface area contributed by atoms with Crippen LogP contribution in [0.3, 0.4) is 0 Å². The van der Waals surface area contributed by atoms with E-state index in [4.69, 9.17) is 11.6 Å². The van der Waals surface area contributed by atoms with E-state index in [-0.39, 0.29) is 5.91 Å². The van der Waals surface area contributed by atoms with Crippen molar-refractivity contribution in [3.8, 4) is 0 Å². The minimum Gasteiger partial charge on any atom is -0.339 e. The number of hydrogen-bond donors (Lipinski definition) is 1. The third-order valence-corrected chi connectivity index (χ3v) is 4.16. The molecule has 1 saturated heterocycles. The van der Waals surface area contributed by atoms with Crippen LogP contribution in [0.25, 0.3) is 0 Å². The predicted molar refractivity (Wildman–Crippen MR) is 87.6 cm³/mol. The number of nitrogens with zero attached hydrogens (tertiary/aromatic N) is 1. The zero-order valence-corrected chi connectivity index (χ0v) is 13.1. The molecule has 0 saturated carbocycles. The van der Waals surface area contributed by atoms with Crippen LogP contribution in [0, 0.1) is 0 Å². The molecular formula is C17H23ClN2O. The van der Waals surface area contributed by atoms with Crippen LogP contribution in [0.2, 0.25) is 5.02 Å². The SMILES string of the molecule is C=CCNCC[C@@H]1CCC(=O)N1CCc1cccc(Cl)c1. The lowest BCUT2D eigenvalue weighted by Crippen LogP contribution is -2.36. The molecule has 0 spiro atoms. The van der Waals surface area contributed by atoms with Crippen molar-refractivity contribution in [1.82, 2.24) is 10.2 Å². The van der Waals surface area contributed by atoms with Crippen LogP contribution < -0.4 is 5.32 Å². The van der Waals surface area contributed by atoms with E-state index in [1.807, 2.05) is 29.2 Å². The maximum Gasteiger partial charge on any atom is 0.222 e. The van der Waals surface area contributed by atoms with Gasteiger partial charge in [0.25, 0.3) is 0 Å². The summed E-state index contributed by atoms with van der Waals surface area (Å²) in [6.07, 6.45) is 5.39. The van der Waals surface area contributed by atoms with Gasteiger partial charge in [-0.1, -0.05) is 29.8 Å². The molecule has 1 fully saturated rings. The van der Waals surface area contributed by atoms with Crippen LogP contribution in [0.4, 0.5) is 0 Å². The molecule has 4 heteroatoms. The summed E-state index contributed by atoms with van der Waals surface area (Å²) < 4.78 is 0. The lowest BCUT2D eigenvalue weighted by molar-refractivity contribution is -0.128. The molecule has 2 rings (SSSR count). The second kappa shape index (κ2) is 8.20. The molecule has 1 atom stereocenters. The molecule has 1 aromatic rings. The summed E-state index contributed by atoms with van der Waals surface area (Å²) in [6, 6.07) is 8.24. The predicted octanol–water partition coefficient (Wildman–Crippen LogP) is 3.04. The monoisotopic (exact) mass is 306 g/mol. The first-order valence-electron chi connectivity index (χ1n) is 7.56. The summed E-state index contributed by atoms with van der Waals surface area (Å²) in [6.45, 7) is 6.22. The average molecular weight is 307 g/mol. The highest BCUT2D eigenvalue weighted by molar-refractivity contribution is 6.30. The third-order valence-electron chi connectivity index (χ3n) is 3.93. The summed E-state index contributed by atoms with van der Waals surface area (Å²) >= 11 is 6.00. The molecule has 21 heavy (non-hydrogen) atoms. The van der Waals surface area contributed by atoms with E-state index in [9.17, 15) is 4.79 Å². The number of hydrogen-bond acceptors (Lipinski definition) is 2. The molecule has 1 N–H and O–H groups in total. The lowest BCUT2D eigenvalue weighted by atomic mass is 10.1. The second-order valence-corrected chi connectivity index (χ2v) is 5.88. The van der Waals surface area contributed by atoms with Crippen LogP contribution in [0.15, 0.2) is 36.9 Å². The van der Waals surface area contributed by atoms with Crippen molar-refractivity contribution in [2.75, 3.05) is 19.6 Å². The maximum atomic E-state index is 12.0. The lowest BCUT2D eigenvalue weighted by Gasteiger charge is -2.25. The van der Waals surface area contributed by atoms with Crippen LogP contribution >= 0.6 is 11.6 Å². The fourth-order valence-electron chi connectivity index (χ4n) is 2.82. The van der Waals surface area contributed by atoms with E-state index >= 15 is 0 Å². The maximum absolute atomic E-state index is 12.0. The Hall–Kier alpha value is -1.32. The molecule has 1 aliphatic heterocycles. The van der Waals surface area contributed by atoms with E-state index in [0.29, 0.717) is 12.5 Å². The zero-order valence-electron chi connectivity index (χ0n) is 12.4. The van der Waals surface area contributed by atoms with Gasteiger partial charge in [-0.2, -0.15) is 0 Å². The van der Waals surface area contributed by atoms with E-state index in [2.05, 4.69) is 18.0 Å². The van der Waals surface area contributed by atoms with Crippen molar-refractivity contribution in [2.24, 2.45) is 0 Å². The van der Waals surface area contributed by atoms with Crippen molar-refractivity contribution in [2.45, 2.75) is 31.7 Å².